The van der Waals surface area contributed by atoms with Crippen molar-refractivity contribution >= 4 is 38.6 Å². The molecular formula is C10H6ClF3N2O3S2. The van der Waals surface area contributed by atoms with E-state index in [1.807, 2.05) is 4.72 Å². The number of anilines is 1. The van der Waals surface area contributed by atoms with Crippen LogP contribution in [-0.2, 0) is 10.0 Å². The first-order valence-corrected chi connectivity index (χ1v) is 7.84. The largest absolute Gasteiger partial charge is 0.573 e. The minimum Gasteiger partial charge on any atom is -0.404 e. The molecule has 2 rings (SSSR count). The van der Waals surface area contributed by atoms with Gasteiger partial charge in [-0.05, 0) is 12.1 Å². The van der Waals surface area contributed by atoms with Crippen molar-refractivity contribution in [2.75, 3.05) is 4.72 Å². The highest BCUT2D eigenvalue weighted by molar-refractivity contribution is 7.94. The molecule has 1 aromatic carbocycles. The Hall–Kier alpha value is -1.52. The highest BCUT2D eigenvalue weighted by atomic mass is 35.5. The van der Waals surface area contributed by atoms with Crippen LogP contribution in [0.4, 0.5) is 18.9 Å². The van der Waals surface area contributed by atoms with E-state index in [4.69, 9.17) is 11.6 Å². The lowest BCUT2D eigenvalue weighted by atomic mass is 10.3. The van der Waals surface area contributed by atoms with Crippen LogP contribution < -0.4 is 9.46 Å². The molecule has 11 heteroatoms. The van der Waals surface area contributed by atoms with Crippen molar-refractivity contribution in [3.63, 3.8) is 0 Å². The molecular weight excluding hydrogens is 353 g/mol. The van der Waals surface area contributed by atoms with E-state index in [1.165, 1.54) is 12.1 Å². The maximum absolute atomic E-state index is 12.3. The molecule has 1 N–H and O–H groups in total. The van der Waals surface area contributed by atoms with Crippen molar-refractivity contribution in [2.24, 2.45) is 0 Å². The second-order valence-electron chi connectivity index (χ2n) is 3.58. The quantitative estimate of drug-likeness (QED) is 0.908. The summed E-state index contributed by atoms with van der Waals surface area (Å²) in [6.45, 7) is 0. The average molecular weight is 359 g/mol. The summed E-state index contributed by atoms with van der Waals surface area (Å²) in [4.78, 5) is 3.56. The standard InChI is InChI=1S/C10H6ClF3N2O3S2/c11-9-15-5-8(20-9)21(17,18)16-6-3-1-2-4-7(6)19-10(12,13)14/h1-5,16H. The first-order valence-electron chi connectivity index (χ1n) is 5.16. The summed E-state index contributed by atoms with van der Waals surface area (Å²) < 4.78 is 66.3. The van der Waals surface area contributed by atoms with Gasteiger partial charge in [0.25, 0.3) is 10.0 Å². The van der Waals surface area contributed by atoms with Gasteiger partial charge in [0.05, 0.1) is 11.9 Å². The number of rotatable bonds is 4. The van der Waals surface area contributed by atoms with Crippen LogP contribution >= 0.6 is 22.9 Å². The van der Waals surface area contributed by atoms with Crippen molar-refractivity contribution < 1.29 is 26.3 Å². The van der Waals surface area contributed by atoms with Crippen LogP contribution in [0.3, 0.4) is 0 Å². The van der Waals surface area contributed by atoms with E-state index in [-0.39, 0.29) is 14.4 Å². The zero-order chi connectivity index (χ0) is 15.7. The van der Waals surface area contributed by atoms with Crippen LogP contribution in [-0.4, -0.2) is 19.8 Å². The van der Waals surface area contributed by atoms with E-state index in [9.17, 15) is 21.6 Å². The third-order valence-corrected chi connectivity index (χ3v) is 5.02. The molecule has 0 radical (unpaired) electrons. The fourth-order valence-corrected chi connectivity index (χ4v) is 3.69. The number of nitrogens with zero attached hydrogens (tertiary/aromatic N) is 1. The molecule has 0 aliphatic rings. The first kappa shape index (κ1) is 15.9. The molecule has 0 aliphatic heterocycles. The highest BCUT2D eigenvalue weighted by Crippen LogP contribution is 2.32. The summed E-state index contributed by atoms with van der Waals surface area (Å²) in [6.07, 6.45) is -3.93. The molecule has 0 spiro atoms. The van der Waals surface area contributed by atoms with Gasteiger partial charge in [-0.15, -0.1) is 13.2 Å². The van der Waals surface area contributed by atoms with Gasteiger partial charge in [0.15, 0.2) is 14.4 Å². The minimum absolute atomic E-state index is 0.00444. The van der Waals surface area contributed by atoms with Gasteiger partial charge in [-0.1, -0.05) is 35.1 Å². The van der Waals surface area contributed by atoms with Crippen molar-refractivity contribution in [3.05, 3.63) is 34.9 Å². The van der Waals surface area contributed by atoms with Crippen LogP contribution in [0, 0.1) is 0 Å². The highest BCUT2D eigenvalue weighted by Gasteiger charge is 2.32. The molecule has 0 saturated carbocycles. The molecule has 114 valence electrons. The zero-order valence-electron chi connectivity index (χ0n) is 9.89. The fourth-order valence-electron chi connectivity index (χ4n) is 1.32. The average Bonchev–Trinajstić information content (AvgIpc) is 2.77. The van der Waals surface area contributed by atoms with Crippen LogP contribution in [0.15, 0.2) is 34.7 Å². The Morgan fingerprint density at radius 3 is 2.52 bits per heavy atom. The second-order valence-corrected chi connectivity index (χ2v) is 7.10. The number of aromatic nitrogens is 1. The Labute approximate surface area is 126 Å². The Morgan fingerprint density at radius 1 is 1.29 bits per heavy atom. The van der Waals surface area contributed by atoms with Crippen LogP contribution in [0.25, 0.3) is 0 Å². The van der Waals surface area contributed by atoms with Crippen LogP contribution in [0.2, 0.25) is 4.47 Å². The molecule has 0 unspecified atom stereocenters. The maximum Gasteiger partial charge on any atom is 0.573 e. The van der Waals surface area contributed by atoms with E-state index in [1.54, 1.807) is 0 Å². The van der Waals surface area contributed by atoms with Gasteiger partial charge >= 0.3 is 6.36 Å². The van der Waals surface area contributed by atoms with Crippen LogP contribution in [0.5, 0.6) is 5.75 Å². The lowest BCUT2D eigenvalue weighted by molar-refractivity contribution is -0.274. The van der Waals surface area contributed by atoms with Gasteiger partial charge in [0.2, 0.25) is 0 Å². The van der Waals surface area contributed by atoms with Gasteiger partial charge in [-0.2, -0.15) is 0 Å². The Bertz CT molecular complexity index is 746. The predicted octanol–water partition coefficient (Wildman–Crippen LogP) is 3.50. The molecule has 5 nitrogen and oxygen atoms in total. The lowest BCUT2D eigenvalue weighted by Gasteiger charge is -2.13. The third kappa shape index (κ3) is 4.22. The Kier molecular flexibility index (Phi) is 4.30. The third-order valence-electron chi connectivity index (χ3n) is 2.08. The van der Waals surface area contributed by atoms with E-state index >= 15 is 0 Å². The topological polar surface area (TPSA) is 68.3 Å². The molecule has 21 heavy (non-hydrogen) atoms. The molecule has 0 fully saturated rings. The van der Waals surface area contributed by atoms with E-state index in [0.717, 1.165) is 18.3 Å². The monoisotopic (exact) mass is 358 g/mol. The molecule has 1 aromatic heterocycles. The van der Waals surface area contributed by atoms with Gasteiger partial charge in [0.1, 0.15) is 0 Å². The second kappa shape index (κ2) is 5.70. The van der Waals surface area contributed by atoms with E-state index < -0.39 is 22.1 Å². The number of ether oxygens (including phenoxy) is 1. The molecule has 0 atom stereocenters. The summed E-state index contributed by atoms with van der Waals surface area (Å²) in [5.41, 5.74) is -0.348. The lowest BCUT2D eigenvalue weighted by Crippen LogP contribution is -2.19. The molecule has 2 aromatic rings. The van der Waals surface area contributed by atoms with Gasteiger partial charge in [-0.3, -0.25) is 4.72 Å². The number of hydrogen-bond donors (Lipinski definition) is 1. The Morgan fingerprint density at radius 2 is 1.95 bits per heavy atom. The summed E-state index contributed by atoms with van der Waals surface area (Å²) in [7, 11) is -4.10. The molecule has 0 bridgehead atoms. The molecule has 0 aliphatic carbocycles. The van der Waals surface area contributed by atoms with Gasteiger partial charge < -0.3 is 4.74 Å². The Balaban J connectivity index is 2.31. The number of sulfonamides is 1. The number of benzene rings is 1. The molecule has 1 heterocycles. The molecule has 0 saturated heterocycles. The van der Waals surface area contributed by atoms with Crippen molar-refractivity contribution in [1.82, 2.24) is 4.98 Å². The summed E-state index contributed by atoms with van der Waals surface area (Å²) >= 11 is 6.20. The van der Waals surface area contributed by atoms with Crippen molar-refractivity contribution in [1.29, 1.82) is 0 Å². The van der Waals surface area contributed by atoms with Crippen LogP contribution in [0.1, 0.15) is 0 Å². The fraction of sp³-hybridized carbons (Fsp3) is 0.100. The van der Waals surface area contributed by atoms with Crippen molar-refractivity contribution in [2.45, 2.75) is 10.6 Å². The summed E-state index contributed by atoms with van der Waals surface area (Å²) in [5.74, 6) is -0.663. The van der Waals surface area contributed by atoms with Gasteiger partial charge in [-0.25, -0.2) is 13.4 Å². The summed E-state index contributed by atoms with van der Waals surface area (Å²) in [6, 6.07) is 4.77. The zero-order valence-corrected chi connectivity index (χ0v) is 12.3. The van der Waals surface area contributed by atoms with Crippen molar-refractivity contribution in [3.8, 4) is 5.75 Å². The van der Waals surface area contributed by atoms with E-state index in [2.05, 4.69) is 9.72 Å². The van der Waals surface area contributed by atoms with E-state index in [0.29, 0.717) is 11.3 Å². The number of hydrogen-bond acceptors (Lipinski definition) is 5. The number of thiazole rings is 1. The smallest absolute Gasteiger partial charge is 0.404 e. The maximum atomic E-state index is 12.3. The van der Waals surface area contributed by atoms with Gasteiger partial charge in [0, 0.05) is 0 Å². The summed E-state index contributed by atoms with van der Waals surface area (Å²) in [5, 5.41) is 0. The predicted molar refractivity (Wildman–Crippen MR) is 71.1 cm³/mol. The molecule has 0 amide bonds. The normalized spacial score (nSPS) is 12.2. The number of halogens is 4. The first-order chi connectivity index (χ1) is 9.67. The number of nitrogens with one attached hydrogen (secondary N) is 1. The minimum atomic E-state index is -4.94. The number of alkyl halides is 3. The number of para-hydroxylation sites is 2. The SMILES string of the molecule is O=S(=O)(Nc1ccccc1OC(F)(F)F)c1cnc(Cl)s1.